The maximum atomic E-state index is 12.5. The average molecular weight is 324 g/mol. The van der Waals surface area contributed by atoms with Crippen LogP contribution in [-0.4, -0.2) is 15.0 Å². The highest BCUT2D eigenvalue weighted by molar-refractivity contribution is 7.89. The van der Waals surface area contributed by atoms with Crippen molar-refractivity contribution in [3.05, 3.63) is 46.2 Å². The molecule has 0 radical (unpaired) electrons. The number of sulfonamides is 1. The van der Waals surface area contributed by atoms with Gasteiger partial charge in [-0.25, -0.2) is 13.1 Å². The molecule has 0 saturated carbocycles. The second kappa shape index (κ2) is 5.79. The quantitative estimate of drug-likeness (QED) is 0.831. The maximum Gasteiger partial charge on any atom is 0.240 e. The van der Waals surface area contributed by atoms with Gasteiger partial charge in [-0.1, -0.05) is 26.0 Å². The molecule has 114 valence electrons. The zero-order valence-corrected chi connectivity index (χ0v) is 14.0. The summed E-state index contributed by atoms with van der Waals surface area (Å²) in [6.07, 6.45) is 0. The van der Waals surface area contributed by atoms with E-state index < -0.39 is 10.0 Å². The lowest BCUT2D eigenvalue weighted by Crippen LogP contribution is -2.36. The van der Waals surface area contributed by atoms with Crippen LogP contribution >= 0.6 is 11.3 Å². The van der Waals surface area contributed by atoms with Gasteiger partial charge in [0.25, 0.3) is 0 Å². The van der Waals surface area contributed by atoms with E-state index in [1.807, 2.05) is 31.4 Å². The first kappa shape index (κ1) is 16.0. The van der Waals surface area contributed by atoms with Gasteiger partial charge in [0.2, 0.25) is 10.0 Å². The number of rotatable bonds is 5. The molecule has 0 aliphatic heterocycles. The Balaban J connectivity index is 2.21. The molecule has 1 heterocycles. The number of nitrogen functional groups attached to an aromatic ring is 1. The van der Waals surface area contributed by atoms with Gasteiger partial charge in [0.15, 0.2) is 0 Å². The summed E-state index contributed by atoms with van der Waals surface area (Å²) in [5.41, 5.74) is 6.60. The van der Waals surface area contributed by atoms with Gasteiger partial charge in [0.05, 0.1) is 4.90 Å². The van der Waals surface area contributed by atoms with Gasteiger partial charge < -0.3 is 5.73 Å². The van der Waals surface area contributed by atoms with E-state index in [9.17, 15) is 8.42 Å². The number of nitrogens with two attached hydrogens (primary N) is 1. The van der Waals surface area contributed by atoms with E-state index in [4.69, 9.17) is 5.73 Å². The van der Waals surface area contributed by atoms with Crippen LogP contribution in [0, 0.1) is 6.92 Å². The normalized spacial score (nSPS) is 12.5. The Morgan fingerprint density at radius 2 is 1.95 bits per heavy atom. The summed E-state index contributed by atoms with van der Waals surface area (Å²) in [5.74, 6) is 0. The smallest absolute Gasteiger partial charge is 0.240 e. The Morgan fingerprint density at radius 3 is 2.57 bits per heavy atom. The number of benzene rings is 1. The summed E-state index contributed by atoms with van der Waals surface area (Å²) in [5, 5.41) is 1.99. The van der Waals surface area contributed by atoms with Gasteiger partial charge in [-0.3, -0.25) is 0 Å². The van der Waals surface area contributed by atoms with E-state index in [-0.39, 0.29) is 10.3 Å². The van der Waals surface area contributed by atoms with Crippen LogP contribution in [0.5, 0.6) is 0 Å². The number of nitrogens with one attached hydrogen (secondary N) is 1. The van der Waals surface area contributed by atoms with Crippen LogP contribution in [0.2, 0.25) is 0 Å². The molecule has 0 aliphatic carbocycles. The molecule has 0 fully saturated rings. The van der Waals surface area contributed by atoms with Gasteiger partial charge in [-0.05, 0) is 36.1 Å². The summed E-state index contributed by atoms with van der Waals surface area (Å²) >= 11 is 1.63. The third-order valence-electron chi connectivity index (χ3n) is 3.51. The van der Waals surface area contributed by atoms with Crippen molar-refractivity contribution in [3.8, 4) is 0 Å². The standard InChI is InChI=1S/C15H20N2O2S2/c1-11-12(16)6-4-7-13(11)21(18,19)17-10-15(2,3)14-8-5-9-20-14/h4-9,17H,10,16H2,1-3H3. The Morgan fingerprint density at radius 1 is 1.24 bits per heavy atom. The van der Waals surface area contributed by atoms with Crippen molar-refractivity contribution in [3.63, 3.8) is 0 Å². The van der Waals surface area contributed by atoms with E-state index >= 15 is 0 Å². The van der Waals surface area contributed by atoms with E-state index in [1.165, 1.54) is 0 Å². The molecule has 0 bridgehead atoms. The lowest BCUT2D eigenvalue weighted by Gasteiger charge is -2.24. The van der Waals surface area contributed by atoms with Crippen molar-refractivity contribution >= 4 is 27.0 Å². The molecule has 3 N–H and O–H groups in total. The Bertz CT molecular complexity index is 720. The molecule has 0 amide bonds. The third kappa shape index (κ3) is 3.45. The van der Waals surface area contributed by atoms with Gasteiger partial charge in [-0.15, -0.1) is 11.3 Å². The first-order valence-electron chi connectivity index (χ1n) is 6.63. The minimum absolute atomic E-state index is 0.240. The fourth-order valence-corrected chi connectivity index (χ4v) is 4.36. The topological polar surface area (TPSA) is 72.2 Å². The van der Waals surface area contributed by atoms with Crippen molar-refractivity contribution in [2.24, 2.45) is 0 Å². The largest absolute Gasteiger partial charge is 0.398 e. The zero-order valence-electron chi connectivity index (χ0n) is 12.4. The van der Waals surface area contributed by atoms with Gasteiger partial charge in [0, 0.05) is 22.5 Å². The second-order valence-corrected chi connectivity index (χ2v) is 8.34. The molecule has 0 spiro atoms. The monoisotopic (exact) mass is 324 g/mol. The molecule has 0 atom stereocenters. The highest BCUT2D eigenvalue weighted by Gasteiger charge is 2.26. The average Bonchev–Trinajstić information content (AvgIpc) is 2.94. The molecule has 1 aromatic heterocycles. The molecule has 2 rings (SSSR count). The minimum Gasteiger partial charge on any atom is -0.398 e. The molecule has 1 aromatic carbocycles. The molecule has 0 aliphatic rings. The Labute approximate surface area is 130 Å². The van der Waals surface area contributed by atoms with Crippen LogP contribution in [0.15, 0.2) is 40.6 Å². The van der Waals surface area contributed by atoms with Crippen molar-refractivity contribution < 1.29 is 8.42 Å². The Hall–Kier alpha value is -1.37. The minimum atomic E-state index is -3.56. The molecule has 2 aromatic rings. The molecule has 0 saturated heterocycles. The lowest BCUT2D eigenvalue weighted by atomic mass is 9.92. The predicted octanol–water partition coefficient (Wildman–Crippen LogP) is 2.89. The van der Waals surface area contributed by atoms with Crippen LogP contribution in [0.25, 0.3) is 0 Å². The van der Waals surface area contributed by atoms with Gasteiger partial charge in [-0.2, -0.15) is 0 Å². The molecule has 4 nitrogen and oxygen atoms in total. The number of hydrogen-bond donors (Lipinski definition) is 2. The molecular formula is C15H20N2O2S2. The summed E-state index contributed by atoms with van der Waals surface area (Å²) in [6, 6.07) is 8.92. The SMILES string of the molecule is Cc1c(N)cccc1S(=O)(=O)NCC(C)(C)c1cccs1. The van der Waals surface area contributed by atoms with Gasteiger partial charge >= 0.3 is 0 Å². The summed E-state index contributed by atoms with van der Waals surface area (Å²) in [4.78, 5) is 1.39. The number of anilines is 1. The van der Waals surface area contributed by atoms with E-state index in [0.29, 0.717) is 17.8 Å². The van der Waals surface area contributed by atoms with Crippen molar-refractivity contribution in [2.45, 2.75) is 31.1 Å². The molecule has 0 unspecified atom stereocenters. The summed E-state index contributed by atoms with van der Waals surface area (Å²) in [7, 11) is -3.56. The number of hydrogen-bond acceptors (Lipinski definition) is 4. The highest BCUT2D eigenvalue weighted by Crippen LogP contribution is 2.27. The Kier molecular flexibility index (Phi) is 4.41. The fourth-order valence-electron chi connectivity index (χ4n) is 2.03. The predicted molar refractivity (Wildman–Crippen MR) is 88.1 cm³/mol. The number of thiophene rings is 1. The summed E-state index contributed by atoms with van der Waals surface area (Å²) in [6.45, 7) is 6.10. The van der Waals surface area contributed by atoms with Crippen LogP contribution in [0.4, 0.5) is 5.69 Å². The van der Waals surface area contributed by atoms with Crippen LogP contribution in [0.1, 0.15) is 24.3 Å². The fraction of sp³-hybridized carbons (Fsp3) is 0.333. The van der Waals surface area contributed by atoms with E-state index in [2.05, 4.69) is 4.72 Å². The first-order chi connectivity index (χ1) is 9.74. The lowest BCUT2D eigenvalue weighted by molar-refractivity contribution is 0.509. The maximum absolute atomic E-state index is 12.5. The van der Waals surface area contributed by atoms with Crippen LogP contribution in [0.3, 0.4) is 0 Å². The van der Waals surface area contributed by atoms with Crippen molar-refractivity contribution in [2.75, 3.05) is 12.3 Å². The molecule has 21 heavy (non-hydrogen) atoms. The second-order valence-electron chi connectivity index (χ2n) is 5.66. The third-order valence-corrected chi connectivity index (χ3v) is 6.29. The molecule has 6 heteroatoms. The highest BCUT2D eigenvalue weighted by atomic mass is 32.2. The van der Waals surface area contributed by atoms with Crippen LogP contribution in [-0.2, 0) is 15.4 Å². The molecular weight excluding hydrogens is 304 g/mol. The van der Waals surface area contributed by atoms with Crippen LogP contribution < -0.4 is 10.5 Å². The van der Waals surface area contributed by atoms with Gasteiger partial charge in [0.1, 0.15) is 0 Å². The van der Waals surface area contributed by atoms with E-state index in [0.717, 1.165) is 4.88 Å². The summed E-state index contributed by atoms with van der Waals surface area (Å²) < 4.78 is 27.6. The zero-order chi connectivity index (χ0) is 15.7. The first-order valence-corrected chi connectivity index (χ1v) is 8.99. The van der Waals surface area contributed by atoms with Crippen molar-refractivity contribution in [1.29, 1.82) is 0 Å². The van der Waals surface area contributed by atoms with E-state index in [1.54, 1.807) is 36.5 Å². The van der Waals surface area contributed by atoms with Crippen molar-refractivity contribution in [1.82, 2.24) is 4.72 Å².